The van der Waals surface area contributed by atoms with Crippen molar-refractivity contribution in [3.8, 4) is 0 Å². The van der Waals surface area contributed by atoms with E-state index in [1.807, 2.05) is 39.8 Å². The summed E-state index contributed by atoms with van der Waals surface area (Å²) in [6.07, 6.45) is 5.13. The lowest BCUT2D eigenvalue weighted by atomic mass is 9.83. The van der Waals surface area contributed by atoms with Gasteiger partial charge in [0.25, 0.3) is 5.69 Å². The number of likely N-dealkylation sites (tertiary alicyclic amines) is 1. The molecular weight excluding hydrogens is 420 g/mol. The van der Waals surface area contributed by atoms with Crippen molar-refractivity contribution in [1.82, 2.24) is 10.2 Å². The second-order valence-corrected chi connectivity index (χ2v) is 10.7. The van der Waals surface area contributed by atoms with Gasteiger partial charge < -0.3 is 15.7 Å². The van der Waals surface area contributed by atoms with E-state index in [-0.39, 0.29) is 34.5 Å². The summed E-state index contributed by atoms with van der Waals surface area (Å²) in [5.74, 6) is 0.448. The normalized spacial score (nSPS) is 22.8. The maximum atomic E-state index is 12.3. The molecule has 3 rings (SSSR count). The van der Waals surface area contributed by atoms with Gasteiger partial charge in [0.15, 0.2) is 0 Å². The van der Waals surface area contributed by atoms with E-state index >= 15 is 0 Å². The number of benzene rings is 1. The SMILES string of the molecule is CC(C)NC(=O)C1CCC(Nc2cc(CN3CCC(C(C)(C)O)CC3)ccc2[N+](=O)[O-])CC1. The Bertz CT molecular complexity index is 820. The first kappa shape index (κ1) is 25.4. The zero-order valence-electron chi connectivity index (χ0n) is 20.5. The highest BCUT2D eigenvalue weighted by atomic mass is 16.6. The molecule has 0 radical (unpaired) electrons. The number of nitrogens with zero attached hydrogens (tertiary/aromatic N) is 2. The van der Waals surface area contributed by atoms with Crippen molar-refractivity contribution in [3.05, 3.63) is 33.9 Å². The summed E-state index contributed by atoms with van der Waals surface area (Å²) in [5, 5.41) is 28.3. The van der Waals surface area contributed by atoms with Gasteiger partial charge in [-0.1, -0.05) is 6.07 Å². The minimum absolute atomic E-state index is 0.0265. The molecule has 1 heterocycles. The van der Waals surface area contributed by atoms with Crippen molar-refractivity contribution in [3.63, 3.8) is 0 Å². The van der Waals surface area contributed by atoms with Crippen molar-refractivity contribution >= 4 is 17.3 Å². The van der Waals surface area contributed by atoms with Crippen LogP contribution in [0.4, 0.5) is 11.4 Å². The third-order valence-electron chi connectivity index (χ3n) is 7.14. The Morgan fingerprint density at radius 1 is 1.18 bits per heavy atom. The second-order valence-electron chi connectivity index (χ2n) is 10.7. The fourth-order valence-electron chi connectivity index (χ4n) is 5.13. The van der Waals surface area contributed by atoms with Gasteiger partial charge in [0.2, 0.25) is 5.91 Å². The molecule has 2 fully saturated rings. The molecular formula is C25H40N4O4. The van der Waals surface area contributed by atoms with Gasteiger partial charge >= 0.3 is 0 Å². The maximum Gasteiger partial charge on any atom is 0.292 e. The number of carbonyl (C=O) groups excluding carboxylic acids is 1. The Morgan fingerprint density at radius 2 is 1.82 bits per heavy atom. The Labute approximate surface area is 197 Å². The summed E-state index contributed by atoms with van der Waals surface area (Å²) in [6.45, 7) is 10.3. The number of carbonyl (C=O) groups is 1. The van der Waals surface area contributed by atoms with Gasteiger partial charge in [-0.3, -0.25) is 19.8 Å². The largest absolute Gasteiger partial charge is 0.390 e. The summed E-state index contributed by atoms with van der Waals surface area (Å²) < 4.78 is 0. The fourth-order valence-corrected chi connectivity index (χ4v) is 5.13. The van der Waals surface area contributed by atoms with Gasteiger partial charge in [-0.2, -0.15) is 0 Å². The third-order valence-corrected chi connectivity index (χ3v) is 7.14. The highest BCUT2D eigenvalue weighted by Gasteiger charge is 2.31. The number of nitro benzene ring substituents is 1. The molecule has 0 bridgehead atoms. The highest BCUT2D eigenvalue weighted by molar-refractivity contribution is 5.79. The smallest absolute Gasteiger partial charge is 0.292 e. The average Bonchev–Trinajstić information content (AvgIpc) is 2.73. The predicted molar refractivity (Wildman–Crippen MR) is 130 cm³/mol. The van der Waals surface area contributed by atoms with Gasteiger partial charge in [0.05, 0.1) is 10.5 Å². The van der Waals surface area contributed by atoms with Crippen LogP contribution in [-0.2, 0) is 11.3 Å². The van der Waals surface area contributed by atoms with Crippen LogP contribution in [0.5, 0.6) is 0 Å². The molecule has 1 aliphatic heterocycles. The van der Waals surface area contributed by atoms with E-state index in [9.17, 15) is 20.0 Å². The van der Waals surface area contributed by atoms with Crippen LogP contribution in [0.1, 0.15) is 71.8 Å². The number of hydrogen-bond donors (Lipinski definition) is 3. The monoisotopic (exact) mass is 460 g/mol. The molecule has 1 aromatic carbocycles. The number of aliphatic hydroxyl groups is 1. The number of rotatable bonds is 8. The van der Waals surface area contributed by atoms with Gasteiger partial charge in [-0.25, -0.2) is 0 Å². The van der Waals surface area contributed by atoms with Crippen LogP contribution in [0.3, 0.4) is 0 Å². The first-order chi connectivity index (χ1) is 15.5. The van der Waals surface area contributed by atoms with Crippen molar-refractivity contribution in [2.45, 2.75) is 90.4 Å². The number of hydrogen-bond acceptors (Lipinski definition) is 6. The minimum atomic E-state index is -0.648. The number of anilines is 1. The second kappa shape index (κ2) is 10.8. The van der Waals surface area contributed by atoms with Crippen molar-refractivity contribution in [1.29, 1.82) is 0 Å². The summed E-state index contributed by atoms with van der Waals surface area (Å²) in [4.78, 5) is 25.9. The molecule has 8 heteroatoms. The molecule has 8 nitrogen and oxygen atoms in total. The Balaban J connectivity index is 1.60. The lowest BCUT2D eigenvalue weighted by molar-refractivity contribution is -0.384. The van der Waals surface area contributed by atoms with E-state index in [0.717, 1.165) is 63.7 Å². The first-order valence-electron chi connectivity index (χ1n) is 12.3. The van der Waals surface area contributed by atoms with Gasteiger partial charge in [0, 0.05) is 30.6 Å². The van der Waals surface area contributed by atoms with E-state index in [1.54, 1.807) is 6.07 Å². The van der Waals surface area contributed by atoms with Crippen LogP contribution in [0.15, 0.2) is 18.2 Å². The summed E-state index contributed by atoms with van der Waals surface area (Å²) in [6, 6.07) is 5.63. The number of nitro groups is 1. The first-order valence-corrected chi connectivity index (χ1v) is 12.3. The van der Waals surface area contributed by atoms with Gasteiger partial charge in [-0.05, 0) is 96.9 Å². The summed E-state index contributed by atoms with van der Waals surface area (Å²) in [7, 11) is 0. The molecule has 184 valence electrons. The van der Waals surface area contributed by atoms with Crippen LogP contribution >= 0.6 is 0 Å². The molecule has 1 saturated heterocycles. The molecule has 0 atom stereocenters. The van der Waals surface area contributed by atoms with E-state index in [4.69, 9.17) is 0 Å². The van der Waals surface area contributed by atoms with Gasteiger partial charge in [0.1, 0.15) is 5.69 Å². The molecule has 2 aliphatic rings. The Kier molecular flexibility index (Phi) is 8.34. The molecule has 1 aromatic rings. The zero-order chi connectivity index (χ0) is 24.2. The van der Waals surface area contributed by atoms with Crippen LogP contribution < -0.4 is 10.6 Å². The highest BCUT2D eigenvalue weighted by Crippen LogP contribution is 2.33. The standard InChI is InChI=1S/C25H40N4O4/c1-17(2)26-24(30)19-6-8-21(9-7-19)27-22-15-18(5-10-23(22)29(32)33)16-28-13-11-20(12-14-28)25(3,4)31/h5,10,15,17,19-21,27,31H,6-9,11-14,16H2,1-4H3,(H,26,30). The third kappa shape index (κ3) is 7.14. The van der Waals surface area contributed by atoms with Crippen molar-refractivity contribution in [2.24, 2.45) is 11.8 Å². The van der Waals surface area contributed by atoms with Crippen LogP contribution in [0.2, 0.25) is 0 Å². The summed E-state index contributed by atoms with van der Waals surface area (Å²) in [5.41, 5.74) is 1.07. The van der Waals surface area contributed by atoms with E-state index in [1.165, 1.54) is 0 Å². The molecule has 1 aliphatic carbocycles. The lowest BCUT2D eigenvalue weighted by Crippen LogP contribution is -2.41. The fraction of sp³-hybridized carbons (Fsp3) is 0.720. The predicted octanol–water partition coefficient (Wildman–Crippen LogP) is 4.07. The quantitative estimate of drug-likeness (QED) is 0.399. The molecule has 0 unspecified atom stereocenters. The lowest BCUT2D eigenvalue weighted by Gasteiger charge is -2.37. The zero-order valence-corrected chi connectivity index (χ0v) is 20.5. The Hall–Kier alpha value is -2.19. The summed E-state index contributed by atoms with van der Waals surface area (Å²) >= 11 is 0. The van der Waals surface area contributed by atoms with E-state index in [2.05, 4.69) is 15.5 Å². The number of piperidine rings is 1. The van der Waals surface area contributed by atoms with Gasteiger partial charge in [-0.15, -0.1) is 0 Å². The minimum Gasteiger partial charge on any atom is -0.390 e. The van der Waals surface area contributed by atoms with Crippen LogP contribution in [0.25, 0.3) is 0 Å². The molecule has 1 amide bonds. The molecule has 3 N–H and O–H groups in total. The molecule has 0 spiro atoms. The molecule has 33 heavy (non-hydrogen) atoms. The van der Waals surface area contributed by atoms with Crippen molar-refractivity contribution in [2.75, 3.05) is 18.4 Å². The van der Waals surface area contributed by atoms with E-state index < -0.39 is 5.60 Å². The topological polar surface area (TPSA) is 108 Å². The van der Waals surface area contributed by atoms with Crippen molar-refractivity contribution < 1.29 is 14.8 Å². The van der Waals surface area contributed by atoms with Crippen LogP contribution in [-0.4, -0.2) is 51.6 Å². The maximum absolute atomic E-state index is 12.3. The Morgan fingerprint density at radius 3 is 2.36 bits per heavy atom. The molecule has 1 saturated carbocycles. The number of nitrogens with one attached hydrogen (secondary N) is 2. The number of amides is 1. The molecule has 0 aromatic heterocycles. The average molecular weight is 461 g/mol. The van der Waals surface area contributed by atoms with E-state index in [0.29, 0.717) is 11.6 Å². The van der Waals surface area contributed by atoms with Crippen LogP contribution in [0, 0.1) is 22.0 Å².